The van der Waals surface area contributed by atoms with Crippen LogP contribution in [0.3, 0.4) is 0 Å². The summed E-state index contributed by atoms with van der Waals surface area (Å²) < 4.78 is 43.0. The lowest BCUT2D eigenvalue weighted by molar-refractivity contribution is -0.154. The van der Waals surface area contributed by atoms with Gasteiger partial charge in [-0.25, -0.2) is 9.97 Å². The lowest BCUT2D eigenvalue weighted by Crippen LogP contribution is -2.24. The van der Waals surface area contributed by atoms with Gasteiger partial charge in [0, 0.05) is 29.9 Å². The zero-order chi connectivity index (χ0) is 21.1. The highest BCUT2D eigenvalue weighted by Crippen LogP contribution is 2.28. The number of hydrogen-bond acceptors (Lipinski definition) is 5. The highest BCUT2D eigenvalue weighted by atomic mass is 19.4. The van der Waals surface area contributed by atoms with Crippen molar-refractivity contribution in [1.29, 1.82) is 0 Å². The highest BCUT2D eigenvalue weighted by molar-refractivity contribution is 5.95. The lowest BCUT2D eigenvalue weighted by Gasteiger charge is -2.19. The van der Waals surface area contributed by atoms with E-state index in [1.807, 2.05) is 0 Å². The molecular formula is C19H20F3N3O3. The first kappa shape index (κ1) is 21.3. The molecule has 0 fully saturated rings. The number of amides is 1. The second-order valence-electron chi connectivity index (χ2n) is 7.12. The molecule has 9 heteroatoms. The van der Waals surface area contributed by atoms with Gasteiger partial charge in [0.1, 0.15) is 5.60 Å². The van der Waals surface area contributed by atoms with Crippen LogP contribution in [0.4, 0.5) is 13.2 Å². The maximum Gasteiger partial charge on any atom is 0.451 e. The van der Waals surface area contributed by atoms with Gasteiger partial charge in [0.05, 0.1) is 0 Å². The first-order valence-electron chi connectivity index (χ1n) is 8.41. The van der Waals surface area contributed by atoms with Gasteiger partial charge < -0.3 is 10.5 Å². The predicted molar refractivity (Wildman–Crippen MR) is 95.2 cm³/mol. The number of benzene rings is 1. The van der Waals surface area contributed by atoms with Crippen LogP contribution in [-0.4, -0.2) is 27.4 Å². The van der Waals surface area contributed by atoms with Crippen molar-refractivity contribution >= 4 is 11.9 Å². The van der Waals surface area contributed by atoms with Crippen molar-refractivity contribution in [3.8, 4) is 11.1 Å². The zero-order valence-electron chi connectivity index (χ0n) is 15.6. The molecule has 150 valence electrons. The Bertz CT molecular complexity index is 873. The fraction of sp³-hybridized carbons (Fsp3) is 0.368. The van der Waals surface area contributed by atoms with E-state index in [-0.39, 0.29) is 18.4 Å². The molecule has 0 spiro atoms. The van der Waals surface area contributed by atoms with E-state index in [9.17, 15) is 22.8 Å². The molecule has 0 aliphatic rings. The monoisotopic (exact) mass is 395 g/mol. The Morgan fingerprint density at radius 1 is 1.07 bits per heavy atom. The van der Waals surface area contributed by atoms with E-state index in [4.69, 9.17) is 10.5 Å². The normalized spacial score (nSPS) is 11.9. The molecule has 0 radical (unpaired) electrons. The first-order chi connectivity index (χ1) is 12.9. The number of carbonyl (C=O) groups excluding carboxylic acids is 2. The standard InChI is InChI=1S/C19H20F3N3O3/c1-18(2,3)28-15(26)7-5-12-8-11(4-6-14(12)16(23)27)13-9-24-17(25-10-13)19(20,21)22/h4,6,8-10H,5,7H2,1-3H3,(H2,23,27). The van der Waals surface area contributed by atoms with Crippen molar-refractivity contribution in [2.24, 2.45) is 5.73 Å². The van der Waals surface area contributed by atoms with Crippen LogP contribution >= 0.6 is 0 Å². The van der Waals surface area contributed by atoms with Crippen LogP contribution in [0.2, 0.25) is 0 Å². The summed E-state index contributed by atoms with van der Waals surface area (Å²) in [4.78, 5) is 30.2. The summed E-state index contributed by atoms with van der Waals surface area (Å²) >= 11 is 0. The molecule has 1 aromatic carbocycles. The van der Waals surface area contributed by atoms with Gasteiger partial charge in [-0.1, -0.05) is 12.1 Å². The number of carbonyl (C=O) groups is 2. The van der Waals surface area contributed by atoms with Crippen molar-refractivity contribution in [2.45, 2.75) is 45.4 Å². The molecule has 2 rings (SSSR count). The summed E-state index contributed by atoms with van der Waals surface area (Å²) in [6.45, 7) is 5.22. The van der Waals surface area contributed by atoms with Crippen LogP contribution < -0.4 is 5.73 Å². The number of aryl methyl sites for hydroxylation is 1. The van der Waals surface area contributed by atoms with Crippen molar-refractivity contribution < 1.29 is 27.5 Å². The summed E-state index contributed by atoms with van der Waals surface area (Å²) in [7, 11) is 0. The number of alkyl halides is 3. The molecule has 0 unspecified atom stereocenters. The van der Waals surface area contributed by atoms with Gasteiger partial charge >= 0.3 is 12.1 Å². The third-order valence-electron chi connectivity index (χ3n) is 3.63. The molecule has 0 bridgehead atoms. The van der Waals surface area contributed by atoms with E-state index in [0.717, 1.165) is 12.4 Å². The van der Waals surface area contributed by atoms with E-state index in [1.165, 1.54) is 12.1 Å². The molecule has 1 aromatic heterocycles. The number of hydrogen-bond donors (Lipinski definition) is 1. The quantitative estimate of drug-likeness (QED) is 0.782. The van der Waals surface area contributed by atoms with Crippen LogP contribution in [-0.2, 0) is 22.1 Å². The average Bonchev–Trinajstić information content (AvgIpc) is 2.57. The highest BCUT2D eigenvalue weighted by Gasteiger charge is 2.34. The first-order valence-corrected chi connectivity index (χ1v) is 8.41. The molecule has 0 saturated heterocycles. The Labute approximate surface area is 159 Å². The number of halogens is 3. The van der Waals surface area contributed by atoms with E-state index in [0.29, 0.717) is 16.7 Å². The Morgan fingerprint density at radius 3 is 2.18 bits per heavy atom. The topological polar surface area (TPSA) is 95.2 Å². The van der Waals surface area contributed by atoms with Crippen molar-refractivity contribution in [3.05, 3.63) is 47.5 Å². The van der Waals surface area contributed by atoms with Crippen molar-refractivity contribution in [2.75, 3.05) is 0 Å². The lowest BCUT2D eigenvalue weighted by atomic mass is 9.97. The van der Waals surface area contributed by atoms with Gasteiger partial charge in [0.2, 0.25) is 11.7 Å². The summed E-state index contributed by atoms with van der Waals surface area (Å²) in [5, 5.41) is 0. The van der Waals surface area contributed by atoms with Crippen molar-refractivity contribution in [1.82, 2.24) is 9.97 Å². The minimum atomic E-state index is -4.63. The minimum absolute atomic E-state index is 0.0184. The maximum atomic E-state index is 12.6. The van der Waals surface area contributed by atoms with Crippen LogP contribution in [0.25, 0.3) is 11.1 Å². The second kappa shape index (κ2) is 7.95. The molecule has 2 N–H and O–H groups in total. The molecule has 0 aliphatic heterocycles. The second-order valence-corrected chi connectivity index (χ2v) is 7.12. The maximum absolute atomic E-state index is 12.6. The van der Waals surface area contributed by atoms with E-state index in [2.05, 4.69) is 9.97 Å². The molecule has 28 heavy (non-hydrogen) atoms. The number of nitrogens with zero attached hydrogens (tertiary/aromatic N) is 2. The van der Waals surface area contributed by atoms with Gasteiger partial charge in [0.15, 0.2) is 0 Å². The number of esters is 1. The fourth-order valence-electron chi connectivity index (χ4n) is 2.47. The molecule has 1 heterocycles. The van der Waals surface area contributed by atoms with Gasteiger partial charge in [0.25, 0.3) is 0 Å². The van der Waals surface area contributed by atoms with Crippen molar-refractivity contribution in [3.63, 3.8) is 0 Å². The van der Waals surface area contributed by atoms with Crippen LogP contribution in [0.1, 0.15) is 48.9 Å². The summed E-state index contributed by atoms with van der Waals surface area (Å²) in [6.07, 6.45) is -2.33. The molecule has 0 saturated carbocycles. The molecule has 0 atom stereocenters. The van der Waals surface area contributed by atoms with Crippen LogP contribution in [0, 0.1) is 0 Å². The summed E-state index contributed by atoms with van der Waals surface area (Å²) in [5.74, 6) is -2.35. The van der Waals surface area contributed by atoms with Crippen LogP contribution in [0.5, 0.6) is 0 Å². The largest absolute Gasteiger partial charge is 0.460 e. The number of ether oxygens (including phenoxy) is 1. The minimum Gasteiger partial charge on any atom is -0.460 e. The molecular weight excluding hydrogens is 375 g/mol. The predicted octanol–water partition coefficient (Wildman–Crippen LogP) is 3.54. The van der Waals surface area contributed by atoms with E-state index >= 15 is 0 Å². The Balaban J connectivity index is 2.27. The van der Waals surface area contributed by atoms with E-state index < -0.39 is 29.5 Å². The number of rotatable bonds is 5. The average molecular weight is 395 g/mol. The van der Waals surface area contributed by atoms with Gasteiger partial charge in [-0.05, 0) is 44.4 Å². The van der Waals surface area contributed by atoms with Gasteiger partial charge in [-0.15, -0.1) is 0 Å². The molecule has 6 nitrogen and oxygen atoms in total. The summed E-state index contributed by atoms with van der Waals surface area (Å²) in [6, 6.07) is 4.57. The molecule has 1 amide bonds. The Morgan fingerprint density at radius 2 is 1.68 bits per heavy atom. The van der Waals surface area contributed by atoms with E-state index in [1.54, 1.807) is 26.8 Å². The SMILES string of the molecule is CC(C)(C)OC(=O)CCc1cc(-c2cnc(C(F)(F)F)nc2)ccc1C(N)=O. The number of aromatic nitrogens is 2. The summed E-state index contributed by atoms with van der Waals surface area (Å²) in [5.41, 5.74) is 6.28. The molecule has 0 aliphatic carbocycles. The number of nitrogens with two attached hydrogens (primary N) is 1. The Hall–Kier alpha value is -2.97. The third-order valence-corrected chi connectivity index (χ3v) is 3.63. The number of primary amides is 1. The van der Waals surface area contributed by atoms with Crippen LogP contribution in [0.15, 0.2) is 30.6 Å². The van der Waals surface area contributed by atoms with Gasteiger partial charge in [-0.3, -0.25) is 9.59 Å². The zero-order valence-corrected chi connectivity index (χ0v) is 15.6. The fourth-order valence-corrected chi connectivity index (χ4v) is 2.47. The Kier molecular flexibility index (Phi) is 6.06. The third kappa shape index (κ3) is 5.77. The van der Waals surface area contributed by atoms with Gasteiger partial charge in [-0.2, -0.15) is 13.2 Å². The molecule has 2 aromatic rings. The smallest absolute Gasteiger partial charge is 0.451 e.